The van der Waals surface area contributed by atoms with Gasteiger partial charge in [0.05, 0.1) is 17.1 Å². The second-order valence-electron chi connectivity index (χ2n) is 3.81. The van der Waals surface area contributed by atoms with Crippen LogP contribution in [0.25, 0.3) is 11.0 Å². The van der Waals surface area contributed by atoms with Gasteiger partial charge in [-0.3, -0.25) is 0 Å². The summed E-state index contributed by atoms with van der Waals surface area (Å²) in [6, 6.07) is 8.46. The molecule has 0 radical (unpaired) electrons. The van der Waals surface area contributed by atoms with E-state index in [2.05, 4.69) is 27.8 Å². The smallest absolute Gasteiger partial charge is 0.204 e. The molecule has 1 heterocycles. The van der Waals surface area contributed by atoms with Crippen LogP contribution in [0.5, 0.6) is 0 Å². The lowest BCUT2D eigenvalue weighted by Gasteiger charge is -2.11. The number of imidazole rings is 1. The van der Waals surface area contributed by atoms with Gasteiger partial charge in [-0.15, -0.1) is 0 Å². The van der Waals surface area contributed by atoms with E-state index in [1.54, 1.807) is 0 Å². The highest BCUT2D eigenvalue weighted by molar-refractivity contribution is 6.29. The maximum Gasteiger partial charge on any atom is 0.204 e. The average Bonchev–Trinajstić information content (AvgIpc) is 2.82. The van der Waals surface area contributed by atoms with Crippen molar-refractivity contribution in [3.63, 3.8) is 0 Å². The Kier molecular flexibility index (Phi) is 2.03. The van der Waals surface area contributed by atoms with Gasteiger partial charge in [0.2, 0.25) is 5.28 Å². The quantitative estimate of drug-likeness (QED) is 0.669. The van der Waals surface area contributed by atoms with Crippen LogP contribution in [0.3, 0.4) is 0 Å². The van der Waals surface area contributed by atoms with Crippen molar-refractivity contribution in [1.29, 1.82) is 0 Å². The van der Waals surface area contributed by atoms with E-state index in [4.69, 9.17) is 11.6 Å². The van der Waals surface area contributed by atoms with Gasteiger partial charge in [0.1, 0.15) is 0 Å². The Morgan fingerprint density at radius 3 is 3.00 bits per heavy atom. The molecule has 3 rings (SSSR count). The van der Waals surface area contributed by atoms with Crippen LogP contribution in [0, 0.1) is 0 Å². The number of hydrogen-bond acceptors (Lipinski definition) is 1. The summed E-state index contributed by atoms with van der Waals surface area (Å²) < 4.78 is 2.11. The van der Waals surface area contributed by atoms with Gasteiger partial charge in [-0.05, 0) is 36.6 Å². The van der Waals surface area contributed by atoms with Crippen LogP contribution >= 0.6 is 11.6 Å². The van der Waals surface area contributed by atoms with Gasteiger partial charge < -0.3 is 4.57 Å². The summed E-state index contributed by atoms with van der Waals surface area (Å²) in [5.74, 6) is 0. The molecule has 2 aromatic rings. The first-order valence-electron chi connectivity index (χ1n) is 5.15. The van der Waals surface area contributed by atoms with Gasteiger partial charge in [0, 0.05) is 0 Å². The molecule has 1 unspecified atom stereocenters. The molecule has 0 aliphatic heterocycles. The first-order chi connectivity index (χ1) is 7.36. The zero-order chi connectivity index (χ0) is 10.3. The first-order valence-corrected chi connectivity index (χ1v) is 5.53. The van der Waals surface area contributed by atoms with E-state index in [0.717, 1.165) is 23.9 Å². The third-order valence-electron chi connectivity index (χ3n) is 2.87. The maximum absolute atomic E-state index is 6.17. The molecule has 0 bridgehead atoms. The number of allylic oxidation sites excluding steroid dienone is 2. The fourth-order valence-electron chi connectivity index (χ4n) is 2.16. The molecule has 1 aliphatic carbocycles. The molecule has 3 heteroatoms. The van der Waals surface area contributed by atoms with E-state index < -0.39 is 0 Å². The van der Waals surface area contributed by atoms with Gasteiger partial charge in [-0.2, -0.15) is 0 Å². The van der Waals surface area contributed by atoms with Crippen LogP contribution in [0.4, 0.5) is 0 Å². The molecule has 1 atom stereocenters. The number of benzene rings is 1. The number of para-hydroxylation sites is 2. The number of rotatable bonds is 1. The largest absolute Gasteiger partial charge is 0.308 e. The molecule has 15 heavy (non-hydrogen) atoms. The fraction of sp³-hybridized carbons (Fsp3) is 0.250. The second kappa shape index (κ2) is 3.38. The predicted molar refractivity (Wildman–Crippen MR) is 62.2 cm³/mol. The van der Waals surface area contributed by atoms with Crippen LogP contribution in [0.15, 0.2) is 36.4 Å². The van der Waals surface area contributed by atoms with E-state index in [9.17, 15) is 0 Å². The van der Waals surface area contributed by atoms with E-state index in [1.807, 2.05) is 18.2 Å². The molecular formula is C12H11ClN2. The molecule has 0 saturated carbocycles. The van der Waals surface area contributed by atoms with Crippen LogP contribution in [-0.4, -0.2) is 9.55 Å². The van der Waals surface area contributed by atoms with Gasteiger partial charge in [-0.25, -0.2) is 4.98 Å². The zero-order valence-corrected chi connectivity index (χ0v) is 8.98. The Hall–Kier alpha value is -1.28. The summed E-state index contributed by atoms with van der Waals surface area (Å²) in [5.41, 5.74) is 2.10. The molecule has 1 aliphatic rings. The number of nitrogens with zero attached hydrogens (tertiary/aromatic N) is 2. The highest BCUT2D eigenvalue weighted by Crippen LogP contribution is 2.30. The summed E-state index contributed by atoms with van der Waals surface area (Å²) in [6.45, 7) is 0. The average molecular weight is 219 g/mol. The molecule has 0 N–H and O–H groups in total. The molecule has 0 saturated heterocycles. The normalized spacial score (nSPS) is 20.2. The zero-order valence-electron chi connectivity index (χ0n) is 8.23. The van der Waals surface area contributed by atoms with E-state index in [1.165, 1.54) is 0 Å². The number of hydrogen-bond donors (Lipinski definition) is 0. The predicted octanol–water partition coefficient (Wildman–Crippen LogP) is 3.58. The summed E-state index contributed by atoms with van der Waals surface area (Å²) in [6.07, 6.45) is 6.67. The van der Waals surface area contributed by atoms with Crippen molar-refractivity contribution >= 4 is 22.6 Å². The lowest BCUT2D eigenvalue weighted by Crippen LogP contribution is -2.03. The van der Waals surface area contributed by atoms with Crippen LogP contribution in [-0.2, 0) is 0 Å². The summed E-state index contributed by atoms with van der Waals surface area (Å²) in [7, 11) is 0. The molecule has 0 spiro atoms. The van der Waals surface area contributed by atoms with Crippen molar-refractivity contribution in [3.8, 4) is 0 Å². The Labute approximate surface area is 93.2 Å². The Morgan fingerprint density at radius 2 is 2.20 bits per heavy atom. The van der Waals surface area contributed by atoms with Crippen LogP contribution in [0.1, 0.15) is 18.9 Å². The molecule has 0 amide bonds. The molecule has 1 aromatic heterocycles. The number of aromatic nitrogens is 2. The summed E-state index contributed by atoms with van der Waals surface area (Å²) in [5, 5.41) is 0.591. The van der Waals surface area contributed by atoms with Crippen LogP contribution in [0.2, 0.25) is 5.28 Å². The van der Waals surface area contributed by atoms with Gasteiger partial charge in [-0.1, -0.05) is 24.3 Å². The van der Waals surface area contributed by atoms with Crippen molar-refractivity contribution < 1.29 is 0 Å². The van der Waals surface area contributed by atoms with Crippen molar-refractivity contribution in [2.24, 2.45) is 0 Å². The SMILES string of the molecule is Clc1nc2ccccc2n1C1C=CCC1. The number of fused-ring (bicyclic) bond motifs is 1. The van der Waals surface area contributed by atoms with E-state index >= 15 is 0 Å². The standard InChI is InChI=1S/C12H11ClN2/c13-12-14-10-7-3-4-8-11(10)15(12)9-5-1-2-6-9/h1,3-5,7-9H,2,6H2. The summed E-state index contributed by atoms with van der Waals surface area (Å²) in [4.78, 5) is 4.35. The second-order valence-corrected chi connectivity index (χ2v) is 4.15. The minimum Gasteiger partial charge on any atom is -0.308 e. The lowest BCUT2D eigenvalue weighted by atomic mass is 10.2. The minimum atomic E-state index is 0.380. The van der Waals surface area contributed by atoms with Crippen molar-refractivity contribution in [3.05, 3.63) is 41.7 Å². The molecule has 2 nitrogen and oxygen atoms in total. The van der Waals surface area contributed by atoms with E-state index in [-0.39, 0.29) is 0 Å². The minimum absolute atomic E-state index is 0.380. The van der Waals surface area contributed by atoms with E-state index in [0.29, 0.717) is 11.3 Å². The molecular weight excluding hydrogens is 208 g/mol. The van der Waals surface area contributed by atoms with Crippen molar-refractivity contribution in [2.45, 2.75) is 18.9 Å². The monoisotopic (exact) mass is 218 g/mol. The van der Waals surface area contributed by atoms with Crippen LogP contribution < -0.4 is 0 Å². The first kappa shape index (κ1) is 8.98. The topological polar surface area (TPSA) is 17.8 Å². The molecule has 0 fully saturated rings. The third kappa shape index (κ3) is 1.37. The molecule has 76 valence electrons. The van der Waals surface area contributed by atoms with Gasteiger partial charge in [0.25, 0.3) is 0 Å². The van der Waals surface area contributed by atoms with Gasteiger partial charge >= 0.3 is 0 Å². The van der Waals surface area contributed by atoms with Gasteiger partial charge in [0.15, 0.2) is 0 Å². The summed E-state index contributed by atoms with van der Waals surface area (Å²) >= 11 is 6.17. The lowest BCUT2D eigenvalue weighted by molar-refractivity contribution is 0.607. The highest BCUT2D eigenvalue weighted by Gasteiger charge is 2.17. The Morgan fingerprint density at radius 1 is 1.33 bits per heavy atom. The number of halogens is 1. The fourth-order valence-corrected chi connectivity index (χ4v) is 2.47. The van der Waals surface area contributed by atoms with Crippen molar-refractivity contribution in [1.82, 2.24) is 9.55 Å². The van der Waals surface area contributed by atoms with Crippen molar-refractivity contribution in [2.75, 3.05) is 0 Å². The third-order valence-corrected chi connectivity index (χ3v) is 3.14. The Bertz CT molecular complexity index is 527. The molecule has 1 aromatic carbocycles. The maximum atomic E-state index is 6.17. The highest BCUT2D eigenvalue weighted by atomic mass is 35.5. The Balaban J connectivity index is 2.23.